The Hall–Kier alpha value is -1.39. The van der Waals surface area contributed by atoms with E-state index >= 15 is 0 Å². The third-order valence-corrected chi connectivity index (χ3v) is 3.74. The molecule has 0 amide bonds. The summed E-state index contributed by atoms with van der Waals surface area (Å²) in [4.78, 5) is 4.22. The molecule has 1 N–H and O–H groups in total. The highest BCUT2D eigenvalue weighted by Crippen LogP contribution is 2.28. The summed E-state index contributed by atoms with van der Waals surface area (Å²) in [6, 6.07) is 8.55. The zero-order valence-corrected chi connectivity index (χ0v) is 13.6. The molecule has 1 atom stereocenters. The molecule has 0 aliphatic heterocycles. The summed E-state index contributed by atoms with van der Waals surface area (Å²) >= 11 is 3.46. The zero-order chi connectivity index (χ0) is 14.5. The fourth-order valence-corrected chi connectivity index (χ4v) is 2.71. The first-order chi connectivity index (χ1) is 9.63. The maximum Gasteiger partial charge on any atom is 0.123 e. The fourth-order valence-electron chi connectivity index (χ4n) is 2.30. The van der Waals surface area contributed by atoms with Gasteiger partial charge in [0.15, 0.2) is 0 Å². The third-order valence-electron chi connectivity index (χ3n) is 3.31. The number of benzene rings is 1. The van der Waals surface area contributed by atoms with Gasteiger partial charge in [0.1, 0.15) is 5.75 Å². The lowest BCUT2D eigenvalue weighted by Gasteiger charge is -2.20. The van der Waals surface area contributed by atoms with Crippen LogP contribution in [-0.4, -0.2) is 19.1 Å². The minimum atomic E-state index is 0.195. The van der Waals surface area contributed by atoms with E-state index in [4.69, 9.17) is 4.74 Å². The molecule has 1 aromatic carbocycles. The van der Waals surface area contributed by atoms with Crippen molar-refractivity contribution in [3.63, 3.8) is 0 Å². The lowest BCUT2D eigenvalue weighted by molar-refractivity contribution is 0.401. The molecule has 2 aromatic rings. The number of methoxy groups -OCH3 is 1. The first-order valence-electron chi connectivity index (χ1n) is 6.55. The van der Waals surface area contributed by atoms with Crippen molar-refractivity contribution in [1.29, 1.82) is 0 Å². The molecule has 1 heterocycles. The minimum Gasteiger partial charge on any atom is -0.496 e. The highest BCUT2D eigenvalue weighted by atomic mass is 79.9. The molecule has 0 saturated heterocycles. The first-order valence-corrected chi connectivity index (χ1v) is 7.34. The Morgan fingerprint density at radius 2 is 2.10 bits per heavy atom. The number of likely N-dealkylation sites (N-methyl/N-ethyl adjacent to an activating group) is 1. The largest absolute Gasteiger partial charge is 0.496 e. The molecular weight excluding hydrogens is 316 g/mol. The van der Waals surface area contributed by atoms with Crippen LogP contribution in [0.15, 0.2) is 41.1 Å². The Bertz CT molecular complexity index is 586. The van der Waals surface area contributed by atoms with Gasteiger partial charge in [-0.05, 0) is 54.0 Å². The highest BCUT2D eigenvalue weighted by Gasteiger charge is 2.15. The Morgan fingerprint density at radius 3 is 2.75 bits per heavy atom. The van der Waals surface area contributed by atoms with Gasteiger partial charge < -0.3 is 10.1 Å². The van der Waals surface area contributed by atoms with Crippen molar-refractivity contribution >= 4 is 15.9 Å². The predicted octanol–water partition coefficient (Wildman–Crippen LogP) is 3.66. The second-order valence-corrected chi connectivity index (χ2v) is 5.72. The average molecular weight is 335 g/mol. The average Bonchev–Trinajstić information content (AvgIpc) is 2.45. The molecular formula is C16H19BrN2O. The number of rotatable bonds is 5. The van der Waals surface area contributed by atoms with E-state index < -0.39 is 0 Å². The van der Waals surface area contributed by atoms with Crippen LogP contribution in [-0.2, 0) is 6.42 Å². The minimum absolute atomic E-state index is 0.195. The van der Waals surface area contributed by atoms with Crippen molar-refractivity contribution in [3.05, 3.63) is 57.8 Å². The summed E-state index contributed by atoms with van der Waals surface area (Å²) in [5, 5.41) is 3.37. The molecule has 0 radical (unpaired) electrons. The number of halogens is 1. The van der Waals surface area contributed by atoms with E-state index in [0.717, 1.165) is 16.6 Å². The Morgan fingerprint density at radius 1 is 1.30 bits per heavy atom. The van der Waals surface area contributed by atoms with Gasteiger partial charge in [0.25, 0.3) is 0 Å². The van der Waals surface area contributed by atoms with Crippen molar-refractivity contribution in [2.45, 2.75) is 19.4 Å². The molecule has 1 unspecified atom stereocenters. The number of hydrogen-bond acceptors (Lipinski definition) is 3. The van der Waals surface area contributed by atoms with Gasteiger partial charge in [-0.1, -0.05) is 17.7 Å². The fraction of sp³-hybridized carbons (Fsp3) is 0.312. The number of ether oxygens (including phenoxy) is 1. The van der Waals surface area contributed by atoms with Crippen LogP contribution >= 0.6 is 15.9 Å². The summed E-state index contributed by atoms with van der Waals surface area (Å²) in [6.45, 7) is 2.09. The number of aromatic nitrogens is 1. The molecule has 3 nitrogen and oxygen atoms in total. The van der Waals surface area contributed by atoms with E-state index in [0.29, 0.717) is 0 Å². The molecule has 0 spiro atoms. The van der Waals surface area contributed by atoms with Crippen LogP contribution in [0.4, 0.5) is 0 Å². The van der Waals surface area contributed by atoms with Crippen molar-refractivity contribution in [2.24, 2.45) is 0 Å². The van der Waals surface area contributed by atoms with Crippen molar-refractivity contribution in [1.82, 2.24) is 10.3 Å². The van der Waals surface area contributed by atoms with Gasteiger partial charge in [0.05, 0.1) is 7.11 Å². The maximum absolute atomic E-state index is 5.48. The predicted molar refractivity (Wildman–Crippen MR) is 85.2 cm³/mol. The third kappa shape index (κ3) is 3.58. The van der Waals surface area contributed by atoms with Crippen LogP contribution in [0.25, 0.3) is 0 Å². The second kappa shape index (κ2) is 6.86. The summed E-state index contributed by atoms with van der Waals surface area (Å²) in [7, 11) is 3.68. The van der Waals surface area contributed by atoms with Crippen molar-refractivity contribution in [2.75, 3.05) is 14.2 Å². The molecule has 0 aliphatic carbocycles. The number of pyridine rings is 1. The Labute approximate surface area is 128 Å². The molecule has 1 aromatic heterocycles. The van der Waals surface area contributed by atoms with Gasteiger partial charge >= 0.3 is 0 Å². The van der Waals surface area contributed by atoms with E-state index in [9.17, 15) is 0 Å². The molecule has 106 valence electrons. The molecule has 2 rings (SSSR count). The lowest BCUT2D eigenvalue weighted by atomic mass is 9.97. The van der Waals surface area contributed by atoms with E-state index in [1.807, 2.05) is 19.3 Å². The van der Waals surface area contributed by atoms with Crippen LogP contribution in [0.5, 0.6) is 5.75 Å². The smallest absolute Gasteiger partial charge is 0.123 e. The van der Waals surface area contributed by atoms with Gasteiger partial charge in [-0.25, -0.2) is 0 Å². The zero-order valence-electron chi connectivity index (χ0n) is 12.0. The van der Waals surface area contributed by atoms with E-state index in [2.05, 4.69) is 51.4 Å². The van der Waals surface area contributed by atoms with Gasteiger partial charge in [-0.15, -0.1) is 0 Å². The van der Waals surface area contributed by atoms with Crippen molar-refractivity contribution < 1.29 is 4.74 Å². The van der Waals surface area contributed by atoms with Crippen LogP contribution in [0, 0.1) is 6.92 Å². The topological polar surface area (TPSA) is 34.2 Å². The number of nitrogens with zero attached hydrogens (tertiary/aromatic N) is 1. The van der Waals surface area contributed by atoms with E-state index in [1.165, 1.54) is 16.7 Å². The Balaban J connectivity index is 2.30. The monoisotopic (exact) mass is 334 g/mol. The van der Waals surface area contributed by atoms with Gasteiger partial charge in [-0.3, -0.25) is 4.98 Å². The van der Waals surface area contributed by atoms with E-state index in [1.54, 1.807) is 13.3 Å². The van der Waals surface area contributed by atoms with Gasteiger partial charge in [0.2, 0.25) is 0 Å². The maximum atomic E-state index is 5.48. The normalized spacial score (nSPS) is 12.2. The molecule has 20 heavy (non-hydrogen) atoms. The number of hydrogen-bond donors (Lipinski definition) is 1. The molecule has 0 bridgehead atoms. The first kappa shape index (κ1) is 15.0. The number of aryl methyl sites for hydroxylation is 1. The van der Waals surface area contributed by atoms with Gasteiger partial charge in [0, 0.05) is 28.5 Å². The summed E-state index contributed by atoms with van der Waals surface area (Å²) in [5.74, 6) is 0.915. The quantitative estimate of drug-likeness (QED) is 0.905. The van der Waals surface area contributed by atoms with Crippen LogP contribution < -0.4 is 10.1 Å². The second-order valence-electron chi connectivity index (χ2n) is 4.80. The highest BCUT2D eigenvalue weighted by molar-refractivity contribution is 9.10. The molecule has 0 aliphatic rings. The standard InChI is InChI=1S/C16H19BrN2O/c1-11-4-5-16(20-3)14(6-11)15(18-2)8-12-7-13(17)10-19-9-12/h4-7,9-10,15,18H,8H2,1-3H3. The van der Waals surface area contributed by atoms with E-state index in [-0.39, 0.29) is 6.04 Å². The summed E-state index contributed by atoms with van der Waals surface area (Å²) < 4.78 is 6.48. The van der Waals surface area contributed by atoms with Crippen LogP contribution in [0.3, 0.4) is 0 Å². The lowest BCUT2D eigenvalue weighted by Crippen LogP contribution is -2.19. The summed E-state index contributed by atoms with van der Waals surface area (Å²) in [6.07, 6.45) is 4.56. The molecule has 0 fully saturated rings. The Kier molecular flexibility index (Phi) is 5.15. The summed E-state index contributed by atoms with van der Waals surface area (Å²) in [5.41, 5.74) is 3.59. The van der Waals surface area contributed by atoms with Crippen LogP contribution in [0.1, 0.15) is 22.7 Å². The van der Waals surface area contributed by atoms with Crippen LogP contribution in [0.2, 0.25) is 0 Å². The van der Waals surface area contributed by atoms with Gasteiger partial charge in [-0.2, -0.15) is 0 Å². The SMILES string of the molecule is CNC(Cc1cncc(Br)c1)c1cc(C)ccc1OC. The van der Waals surface area contributed by atoms with Crippen molar-refractivity contribution in [3.8, 4) is 5.75 Å². The molecule has 4 heteroatoms. The number of nitrogens with one attached hydrogen (secondary N) is 1. The molecule has 0 saturated carbocycles.